The van der Waals surface area contributed by atoms with Gasteiger partial charge in [-0.25, -0.2) is 0 Å². The van der Waals surface area contributed by atoms with Gasteiger partial charge < -0.3 is 10.8 Å². The molecule has 0 amide bonds. The summed E-state index contributed by atoms with van der Waals surface area (Å²) in [6.07, 6.45) is 0. The number of hydrogen-bond donors (Lipinski definition) is 2. The second-order valence-corrected chi connectivity index (χ2v) is 3.86. The van der Waals surface area contributed by atoms with E-state index in [0.29, 0.717) is 0 Å². The molecule has 0 aliphatic carbocycles. The van der Waals surface area contributed by atoms with Crippen molar-refractivity contribution in [3.05, 3.63) is 0 Å². The fraction of sp³-hybridized carbons (Fsp3) is 0.875. The Kier molecular flexibility index (Phi) is 11.7. The van der Waals surface area contributed by atoms with E-state index in [0.717, 1.165) is 0 Å². The maximum absolute atomic E-state index is 9.70. The average molecular weight is 269 g/mol. The van der Waals surface area contributed by atoms with Crippen molar-refractivity contribution in [1.29, 1.82) is 0 Å². The zero-order valence-electron chi connectivity index (χ0n) is 8.31. The second kappa shape index (κ2) is 7.80. The van der Waals surface area contributed by atoms with Crippen molar-refractivity contribution >= 4 is 5.97 Å². The Morgan fingerprint density at radius 1 is 1.33 bits per heavy atom. The van der Waals surface area contributed by atoms with E-state index in [1.54, 1.807) is 13.8 Å². The van der Waals surface area contributed by atoms with Gasteiger partial charge in [0.2, 0.25) is 0 Å². The van der Waals surface area contributed by atoms with E-state index in [-0.39, 0.29) is 33.8 Å². The van der Waals surface area contributed by atoms with Crippen LogP contribution < -0.4 is 5.73 Å². The summed E-state index contributed by atoms with van der Waals surface area (Å²) in [6.45, 7) is 9.18. The molecule has 79 valence electrons. The topological polar surface area (TPSA) is 63.3 Å². The van der Waals surface area contributed by atoms with Gasteiger partial charge in [-0.05, 0) is 20.8 Å². The van der Waals surface area contributed by atoms with E-state index in [1.807, 2.05) is 20.8 Å². The summed E-state index contributed by atoms with van der Waals surface area (Å²) >= 11 is 0. The normalized spacial score (nSPS) is 9.58. The van der Waals surface area contributed by atoms with Crippen LogP contribution in [0.25, 0.3) is 0 Å². The van der Waals surface area contributed by atoms with Crippen molar-refractivity contribution in [2.24, 2.45) is 11.7 Å². The molecular formula is C8H19AgNO2. The van der Waals surface area contributed by atoms with Crippen LogP contribution in [0.5, 0.6) is 0 Å². The second-order valence-electron chi connectivity index (χ2n) is 3.86. The molecule has 0 fully saturated rings. The Balaban J connectivity index is -0.000000126. The van der Waals surface area contributed by atoms with E-state index in [4.69, 9.17) is 10.8 Å². The smallest absolute Gasteiger partial charge is 0.305 e. The number of carboxylic acid groups (broad SMARTS) is 1. The van der Waals surface area contributed by atoms with Crippen molar-refractivity contribution in [3.8, 4) is 0 Å². The number of hydrogen-bond acceptors (Lipinski definition) is 2. The first-order valence-corrected chi connectivity index (χ1v) is 3.66. The van der Waals surface area contributed by atoms with Gasteiger partial charge in [0, 0.05) is 27.9 Å². The number of rotatable bonds is 1. The molecule has 3 nitrogen and oxygen atoms in total. The molecule has 12 heavy (non-hydrogen) atoms. The molecule has 0 spiro atoms. The van der Waals surface area contributed by atoms with Gasteiger partial charge in [-0.15, -0.1) is 0 Å². The molecule has 0 saturated heterocycles. The number of aliphatic carboxylic acids is 1. The van der Waals surface area contributed by atoms with Gasteiger partial charge in [0.1, 0.15) is 0 Å². The van der Waals surface area contributed by atoms with E-state index < -0.39 is 5.97 Å². The van der Waals surface area contributed by atoms with Crippen LogP contribution >= 0.6 is 0 Å². The third-order valence-corrected chi connectivity index (χ3v) is 0.494. The van der Waals surface area contributed by atoms with Crippen LogP contribution in [0.2, 0.25) is 0 Å². The van der Waals surface area contributed by atoms with Gasteiger partial charge in [0.05, 0.1) is 5.92 Å². The molecule has 0 aromatic heterocycles. The van der Waals surface area contributed by atoms with Crippen molar-refractivity contribution in [3.63, 3.8) is 0 Å². The molecule has 0 aromatic rings. The van der Waals surface area contributed by atoms with Crippen LogP contribution in [0.3, 0.4) is 0 Å². The molecule has 0 aliphatic rings. The molecule has 4 heteroatoms. The molecule has 1 radical (unpaired) electrons. The third kappa shape index (κ3) is 49.2. The van der Waals surface area contributed by atoms with Crippen molar-refractivity contribution < 1.29 is 32.3 Å². The van der Waals surface area contributed by atoms with Crippen LogP contribution in [0.15, 0.2) is 0 Å². The summed E-state index contributed by atoms with van der Waals surface area (Å²) in [5.41, 5.74) is 5.35. The number of carboxylic acids is 1. The molecule has 0 aliphatic heterocycles. The minimum Gasteiger partial charge on any atom is -0.481 e. The van der Waals surface area contributed by atoms with Gasteiger partial charge in [-0.3, -0.25) is 4.79 Å². The van der Waals surface area contributed by atoms with E-state index in [2.05, 4.69) is 0 Å². The van der Waals surface area contributed by atoms with Crippen LogP contribution in [-0.4, -0.2) is 16.6 Å². The van der Waals surface area contributed by atoms with Crippen molar-refractivity contribution in [2.75, 3.05) is 0 Å². The SMILES string of the molecule is CC(C)(C)N.CC(C)C(=O)O.[Ag]. The zero-order chi connectivity index (χ0) is 9.65. The van der Waals surface area contributed by atoms with Gasteiger partial charge >= 0.3 is 5.97 Å². The molecule has 0 bridgehead atoms. The Morgan fingerprint density at radius 2 is 1.42 bits per heavy atom. The summed E-state index contributed by atoms with van der Waals surface area (Å²) in [5, 5.41) is 7.99. The minimum absolute atomic E-state index is 0. The fourth-order valence-corrected chi connectivity index (χ4v) is 0. The monoisotopic (exact) mass is 268 g/mol. The summed E-state index contributed by atoms with van der Waals surface area (Å²) < 4.78 is 0. The predicted octanol–water partition coefficient (Wildman–Crippen LogP) is 1.47. The van der Waals surface area contributed by atoms with Gasteiger partial charge in [0.25, 0.3) is 0 Å². The van der Waals surface area contributed by atoms with E-state index >= 15 is 0 Å². The molecule has 0 aromatic carbocycles. The van der Waals surface area contributed by atoms with E-state index in [1.165, 1.54) is 0 Å². The molecule has 0 rings (SSSR count). The van der Waals surface area contributed by atoms with Crippen LogP contribution in [-0.2, 0) is 27.2 Å². The Bertz CT molecular complexity index is 113. The van der Waals surface area contributed by atoms with Crippen LogP contribution in [0, 0.1) is 5.92 Å². The first-order chi connectivity index (χ1) is 4.64. The molecule has 0 atom stereocenters. The summed E-state index contributed by atoms with van der Waals surface area (Å²) in [4.78, 5) is 9.70. The maximum Gasteiger partial charge on any atom is 0.305 e. The Morgan fingerprint density at radius 3 is 1.42 bits per heavy atom. The molecule has 0 saturated carbocycles. The van der Waals surface area contributed by atoms with Gasteiger partial charge in [-0.1, -0.05) is 13.8 Å². The van der Waals surface area contributed by atoms with E-state index in [9.17, 15) is 4.79 Å². The maximum atomic E-state index is 9.70. The zero-order valence-corrected chi connectivity index (χ0v) is 9.79. The summed E-state index contributed by atoms with van der Waals surface area (Å²) in [7, 11) is 0. The molecule has 3 N–H and O–H groups in total. The summed E-state index contributed by atoms with van der Waals surface area (Å²) in [6, 6.07) is 0. The number of nitrogens with two attached hydrogens (primary N) is 1. The first-order valence-electron chi connectivity index (χ1n) is 3.66. The Labute approximate surface area is 90.2 Å². The van der Waals surface area contributed by atoms with Crippen LogP contribution in [0.1, 0.15) is 34.6 Å². The standard InChI is InChI=1S/C4H11N.C4H8O2.Ag/c1-4(2,3)5;1-3(2)4(5)6;/h5H2,1-3H3;3H,1-2H3,(H,5,6);. The fourth-order valence-electron chi connectivity index (χ4n) is 0. The minimum atomic E-state index is -0.741. The number of carbonyl (C=O) groups is 1. The van der Waals surface area contributed by atoms with Crippen molar-refractivity contribution in [2.45, 2.75) is 40.2 Å². The van der Waals surface area contributed by atoms with Gasteiger partial charge in [-0.2, -0.15) is 0 Å². The van der Waals surface area contributed by atoms with Gasteiger partial charge in [0.15, 0.2) is 0 Å². The largest absolute Gasteiger partial charge is 0.481 e. The molecule has 0 heterocycles. The molecular weight excluding hydrogens is 250 g/mol. The predicted molar refractivity (Wildman–Crippen MR) is 46.4 cm³/mol. The molecule has 0 unspecified atom stereocenters. The summed E-state index contributed by atoms with van der Waals surface area (Å²) in [5.74, 6) is -0.972. The van der Waals surface area contributed by atoms with Crippen LogP contribution in [0.4, 0.5) is 0 Å². The van der Waals surface area contributed by atoms with Crippen molar-refractivity contribution in [1.82, 2.24) is 0 Å². The quantitative estimate of drug-likeness (QED) is 0.708. The Hall–Kier alpha value is 0.170. The average Bonchev–Trinajstić information content (AvgIpc) is 1.59. The first kappa shape index (κ1) is 18.1. The third-order valence-electron chi connectivity index (χ3n) is 0.494.